The Balaban J connectivity index is 1.73. The van der Waals surface area contributed by atoms with E-state index in [4.69, 9.17) is 4.74 Å². The van der Waals surface area contributed by atoms with Gasteiger partial charge >= 0.3 is 0 Å². The third-order valence-electron chi connectivity index (χ3n) is 3.54. The zero-order chi connectivity index (χ0) is 15.6. The summed E-state index contributed by atoms with van der Waals surface area (Å²) < 4.78 is 5.77. The van der Waals surface area contributed by atoms with Crippen molar-refractivity contribution in [2.75, 3.05) is 11.9 Å². The predicted molar refractivity (Wildman–Crippen MR) is 95.5 cm³/mol. The first kappa shape index (κ1) is 16.8. The van der Waals surface area contributed by atoms with E-state index < -0.39 is 0 Å². The van der Waals surface area contributed by atoms with Crippen molar-refractivity contribution < 1.29 is 4.74 Å². The molecule has 0 fully saturated rings. The van der Waals surface area contributed by atoms with Gasteiger partial charge in [-0.15, -0.1) is 11.3 Å². The smallest absolute Gasteiger partial charge is 0.187 e. The van der Waals surface area contributed by atoms with Gasteiger partial charge < -0.3 is 10.1 Å². The number of thiazole rings is 1. The summed E-state index contributed by atoms with van der Waals surface area (Å²) in [5.41, 5.74) is 2.18. The second kappa shape index (κ2) is 9.46. The summed E-state index contributed by atoms with van der Waals surface area (Å²) in [5, 5.41) is 6.37. The molecule has 0 aliphatic heterocycles. The van der Waals surface area contributed by atoms with E-state index in [9.17, 15) is 0 Å². The maximum atomic E-state index is 5.77. The minimum absolute atomic E-state index is 0.808. The van der Waals surface area contributed by atoms with Gasteiger partial charge in [-0.25, -0.2) is 4.98 Å². The lowest BCUT2D eigenvalue weighted by Gasteiger charge is -2.07. The number of anilines is 2. The van der Waals surface area contributed by atoms with E-state index in [1.54, 1.807) is 11.3 Å². The Hall–Kier alpha value is -1.55. The lowest BCUT2D eigenvalue weighted by molar-refractivity contribution is 0.304. The molecule has 1 heterocycles. The van der Waals surface area contributed by atoms with Crippen LogP contribution < -0.4 is 10.1 Å². The van der Waals surface area contributed by atoms with E-state index in [1.165, 1.54) is 25.7 Å². The minimum Gasteiger partial charge on any atom is -0.494 e. The normalized spacial score (nSPS) is 10.6. The zero-order valence-electron chi connectivity index (χ0n) is 13.6. The van der Waals surface area contributed by atoms with Crippen LogP contribution in [0.1, 0.15) is 51.6 Å². The molecule has 2 rings (SSSR count). The van der Waals surface area contributed by atoms with Gasteiger partial charge in [-0.2, -0.15) is 0 Å². The van der Waals surface area contributed by atoms with Crippen LogP contribution in [0.15, 0.2) is 29.6 Å². The fraction of sp³-hybridized carbons (Fsp3) is 0.500. The number of hydrogen-bond acceptors (Lipinski definition) is 4. The Morgan fingerprint density at radius 2 is 1.82 bits per heavy atom. The molecule has 3 nitrogen and oxygen atoms in total. The van der Waals surface area contributed by atoms with Crippen LogP contribution in [0.3, 0.4) is 0 Å². The molecular weight excluding hydrogens is 292 g/mol. The summed E-state index contributed by atoms with van der Waals surface area (Å²) in [7, 11) is 0. The van der Waals surface area contributed by atoms with E-state index in [0.717, 1.165) is 41.7 Å². The molecule has 1 aromatic carbocycles. The van der Waals surface area contributed by atoms with Crippen LogP contribution >= 0.6 is 11.3 Å². The molecule has 0 saturated heterocycles. The first-order valence-corrected chi connectivity index (χ1v) is 9.14. The summed E-state index contributed by atoms with van der Waals surface area (Å²) in [6.07, 6.45) is 7.31. The van der Waals surface area contributed by atoms with Crippen LogP contribution in [0, 0.1) is 0 Å². The summed E-state index contributed by atoms with van der Waals surface area (Å²) in [6, 6.07) is 8.12. The van der Waals surface area contributed by atoms with Crippen molar-refractivity contribution in [2.45, 2.75) is 52.4 Å². The lowest BCUT2D eigenvalue weighted by Crippen LogP contribution is -1.97. The Labute approximate surface area is 137 Å². The number of hydrogen-bond donors (Lipinski definition) is 1. The topological polar surface area (TPSA) is 34.1 Å². The van der Waals surface area contributed by atoms with Gasteiger partial charge in [0.25, 0.3) is 0 Å². The van der Waals surface area contributed by atoms with Gasteiger partial charge in [0.2, 0.25) is 0 Å². The number of rotatable bonds is 10. The molecule has 0 atom stereocenters. The van der Waals surface area contributed by atoms with Gasteiger partial charge in [-0.05, 0) is 37.1 Å². The number of benzene rings is 1. The van der Waals surface area contributed by atoms with Crippen molar-refractivity contribution in [3.05, 3.63) is 35.3 Å². The van der Waals surface area contributed by atoms with Crippen molar-refractivity contribution in [3.8, 4) is 5.75 Å². The SMILES string of the molecule is CCCCCCCOc1ccc(Nc2nc(CC)cs2)cc1. The van der Waals surface area contributed by atoms with Crippen LogP contribution in [0.4, 0.5) is 10.8 Å². The highest BCUT2D eigenvalue weighted by molar-refractivity contribution is 7.13. The molecule has 0 aliphatic rings. The van der Waals surface area contributed by atoms with Crippen LogP contribution in [-0.4, -0.2) is 11.6 Å². The van der Waals surface area contributed by atoms with Gasteiger partial charge in [0.1, 0.15) is 5.75 Å². The van der Waals surface area contributed by atoms with Crippen molar-refractivity contribution in [3.63, 3.8) is 0 Å². The Kier molecular flexibility index (Phi) is 7.23. The maximum absolute atomic E-state index is 5.77. The number of nitrogens with zero attached hydrogens (tertiary/aromatic N) is 1. The van der Waals surface area contributed by atoms with Gasteiger partial charge in [-0.1, -0.05) is 39.5 Å². The molecule has 0 bridgehead atoms. The van der Waals surface area contributed by atoms with Gasteiger partial charge in [0.05, 0.1) is 12.3 Å². The average Bonchev–Trinajstić information content (AvgIpc) is 3.00. The number of unbranched alkanes of at least 4 members (excludes halogenated alkanes) is 4. The highest BCUT2D eigenvalue weighted by Crippen LogP contribution is 2.23. The molecule has 120 valence electrons. The van der Waals surface area contributed by atoms with Crippen LogP contribution in [0.25, 0.3) is 0 Å². The molecular formula is C18H26N2OS. The minimum atomic E-state index is 0.808. The van der Waals surface area contributed by atoms with Crippen molar-refractivity contribution in [1.29, 1.82) is 0 Å². The highest BCUT2D eigenvalue weighted by atomic mass is 32.1. The van der Waals surface area contributed by atoms with Crippen LogP contribution in [0.5, 0.6) is 5.75 Å². The van der Waals surface area contributed by atoms with E-state index in [1.807, 2.05) is 24.3 Å². The molecule has 0 spiro atoms. The molecule has 4 heteroatoms. The second-order valence-corrected chi connectivity index (χ2v) is 6.27. The largest absolute Gasteiger partial charge is 0.494 e. The molecule has 2 aromatic rings. The summed E-state index contributed by atoms with van der Waals surface area (Å²) >= 11 is 1.64. The Morgan fingerprint density at radius 1 is 1.05 bits per heavy atom. The number of aryl methyl sites for hydroxylation is 1. The van der Waals surface area contributed by atoms with E-state index in [-0.39, 0.29) is 0 Å². The van der Waals surface area contributed by atoms with Crippen LogP contribution in [-0.2, 0) is 6.42 Å². The van der Waals surface area contributed by atoms with E-state index in [0.29, 0.717) is 0 Å². The lowest BCUT2D eigenvalue weighted by atomic mass is 10.2. The number of ether oxygens (including phenoxy) is 1. The predicted octanol–water partition coefficient (Wildman–Crippen LogP) is 5.80. The monoisotopic (exact) mass is 318 g/mol. The van der Waals surface area contributed by atoms with Crippen LogP contribution in [0.2, 0.25) is 0 Å². The Bertz CT molecular complexity index is 536. The summed E-state index contributed by atoms with van der Waals surface area (Å²) in [5.74, 6) is 0.939. The molecule has 1 N–H and O–H groups in total. The fourth-order valence-electron chi connectivity index (χ4n) is 2.18. The van der Waals surface area contributed by atoms with Crippen molar-refractivity contribution in [2.24, 2.45) is 0 Å². The first-order chi connectivity index (χ1) is 10.8. The quantitative estimate of drug-likeness (QED) is 0.562. The molecule has 1 aromatic heterocycles. The molecule has 0 radical (unpaired) electrons. The van der Waals surface area contributed by atoms with Gasteiger partial charge in [-0.3, -0.25) is 0 Å². The maximum Gasteiger partial charge on any atom is 0.187 e. The molecule has 0 amide bonds. The molecule has 22 heavy (non-hydrogen) atoms. The third kappa shape index (κ3) is 5.68. The summed E-state index contributed by atoms with van der Waals surface area (Å²) in [4.78, 5) is 4.51. The van der Waals surface area contributed by atoms with Gasteiger partial charge in [0, 0.05) is 11.1 Å². The molecule has 0 aliphatic carbocycles. The fourth-order valence-corrected chi connectivity index (χ4v) is 2.99. The van der Waals surface area contributed by atoms with E-state index >= 15 is 0 Å². The van der Waals surface area contributed by atoms with Crippen molar-refractivity contribution in [1.82, 2.24) is 4.98 Å². The van der Waals surface area contributed by atoms with Crippen molar-refractivity contribution >= 4 is 22.2 Å². The zero-order valence-corrected chi connectivity index (χ0v) is 14.4. The number of nitrogens with one attached hydrogen (secondary N) is 1. The molecule has 0 saturated carbocycles. The average molecular weight is 318 g/mol. The standard InChI is InChI=1S/C18H26N2OS/c1-3-5-6-7-8-13-21-17-11-9-16(10-12-17)20-18-19-15(4-2)14-22-18/h9-12,14H,3-8,13H2,1-2H3,(H,19,20). The highest BCUT2D eigenvalue weighted by Gasteiger charge is 2.01. The molecule has 0 unspecified atom stereocenters. The summed E-state index contributed by atoms with van der Waals surface area (Å²) in [6.45, 7) is 5.16. The third-order valence-corrected chi connectivity index (χ3v) is 4.34. The Morgan fingerprint density at radius 3 is 2.50 bits per heavy atom. The van der Waals surface area contributed by atoms with Gasteiger partial charge in [0.15, 0.2) is 5.13 Å². The van der Waals surface area contributed by atoms with E-state index in [2.05, 4.69) is 29.5 Å². The first-order valence-electron chi connectivity index (χ1n) is 8.26. The number of aromatic nitrogens is 1. The second-order valence-electron chi connectivity index (χ2n) is 5.41.